The normalized spacial score (nSPS) is 24.8. The summed E-state index contributed by atoms with van der Waals surface area (Å²) >= 11 is 0. The molecule has 2 aliphatic rings. The summed E-state index contributed by atoms with van der Waals surface area (Å²) in [4.78, 5) is 16.4. The van der Waals surface area contributed by atoms with Crippen LogP contribution in [0.25, 0.3) is 0 Å². The molecule has 2 heterocycles. The van der Waals surface area contributed by atoms with Crippen LogP contribution in [0.5, 0.6) is 0 Å². The van der Waals surface area contributed by atoms with Crippen molar-refractivity contribution in [1.82, 2.24) is 9.80 Å². The molecular formula is C11H23Cl2N3O2. The molecule has 2 N–H and O–H groups in total. The van der Waals surface area contributed by atoms with Crippen LogP contribution < -0.4 is 5.73 Å². The summed E-state index contributed by atoms with van der Waals surface area (Å²) in [6.07, 6.45) is 2.01. The Hall–Kier alpha value is -0.0700. The first-order valence-corrected chi connectivity index (χ1v) is 6.02. The second-order valence-corrected chi connectivity index (χ2v) is 4.58. The summed E-state index contributed by atoms with van der Waals surface area (Å²) in [5.74, 6) is 0.0524. The average Bonchev–Trinajstić information content (AvgIpc) is 2.77. The molecule has 0 bridgehead atoms. The quantitative estimate of drug-likeness (QED) is 0.804. The zero-order valence-corrected chi connectivity index (χ0v) is 12.3. The molecule has 2 saturated heterocycles. The van der Waals surface area contributed by atoms with Gasteiger partial charge in [-0.1, -0.05) is 0 Å². The van der Waals surface area contributed by atoms with Gasteiger partial charge in [0.05, 0.1) is 0 Å². The molecule has 0 spiro atoms. The average molecular weight is 300 g/mol. The molecule has 0 saturated carbocycles. The highest BCUT2D eigenvalue weighted by atomic mass is 35.5. The van der Waals surface area contributed by atoms with E-state index in [2.05, 4.69) is 4.90 Å². The summed E-state index contributed by atoms with van der Waals surface area (Å²) in [6.45, 7) is 4.11. The number of nitrogens with zero attached hydrogens (tertiary/aromatic N) is 2. The molecular weight excluding hydrogens is 277 g/mol. The third kappa shape index (κ3) is 3.71. The number of hydrogen-bond acceptors (Lipinski definition) is 4. The Bertz CT molecular complexity index is 265. The van der Waals surface area contributed by atoms with Crippen molar-refractivity contribution in [2.45, 2.75) is 25.0 Å². The van der Waals surface area contributed by atoms with E-state index in [-0.39, 0.29) is 37.3 Å². The van der Waals surface area contributed by atoms with Crippen LogP contribution in [0.3, 0.4) is 0 Å². The number of nitrogens with two attached hydrogens (primary N) is 1. The Kier molecular flexibility index (Phi) is 8.14. The molecule has 108 valence electrons. The fraction of sp³-hybridized carbons (Fsp3) is 0.909. The number of hydrogen-bond donors (Lipinski definition) is 1. The highest BCUT2D eigenvalue weighted by Crippen LogP contribution is 2.21. The maximum Gasteiger partial charge on any atom is 0.253 e. The van der Waals surface area contributed by atoms with E-state index in [9.17, 15) is 4.79 Å². The zero-order valence-electron chi connectivity index (χ0n) is 10.7. The first-order valence-electron chi connectivity index (χ1n) is 6.02. The lowest BCUT2D eigenvalue weighted by molar-refractivity contribution is -0.144. The number of carbonyl (C=O) groups excluding carboxylic acids is 1. The summed E-state index contributed by atoms with van der Waals surface area (Å²) in [6, 6.07) is 0.563. The van der Waals surface area contributed by atoms with Crippen molar-refractivity contribution >= 4 is 30.7 Å². The molecule has 2 aliphatic heterocycles. The van der Waals surface area contributed by atoms with Crippen LogP contribution in [0.15, 0.2) is 0 Å². The number of methoxy groups -OCH3 is 1. The standard InChI is InChI=1S/C11H21N3O2.2ClH/c1-16-10(7-12)11(15)14-6-5-13-4-2-3-9(13)8-14;;/h9-10H,2-8,12H2,1H3;2*1H. The Morgan fingerprint density at radius 1 is 1.39 bits per heavy atom. The van der Waals surface area contributed by atoms with Crippen LogP contribution in [0.4, 0.5) is 0 Å². The predicted octanol–water partition coefficient (Wildman–Crippen LogP) is 0.110. The van der Waals surface area contributed by atoms with Gasteiger partial charge in [-0.25, -0.2) is 0 Å². The largest absolute Gasteiger partial charge is 0.370 e. The minimum absolute atomic E-state index is 0. The van der Waals surface area contributed by atoms with E-state index in [0.717, 1.165) is 19.6 Å². The maximum atomic E-state index is 12.1. The first kappa shape index (κ1) is 17.9. The predicted molar refractivity (Wildman–Crippen MR) is 75.5 cm³/mol. The lowest BCUT2D eigenvalue weighted by atomic mass is 10.1. The fourth-order valence-electron chi connectivity index (χ4n) is 2.69. The smallest absolute Gasteiger partial charge is 0.253 e. The van der Waals surface area contributed by atoms with Gasteiger partial charge in [0, 0.05) is 39.3 Å². The van der Waals surface area contributed by atoms with Gasteiger partial charge in [0.25, 0.3) is 5.91 Å². The molecule has 7 heteroatoms. The molecule has 2 fully saturated rings. The van der Waals surface area contributed by atoms with E-state index in [1.165, 1.54) is 19.4 Å². The van der Waals surface area contributed by atoms with Gasteiger partial charge in [0.2, 0.25) is 0 Å². The van der Waals surface area contributed by atoms with Gasteiger partial charge in [0.1, 0.15) is 6.10 Å². The van der Waals surface area contributed by atoms with Crippen LogP contribution in [-0.4, -0.2) is 67.7 Å². The van der Waals surface area contributed by atoms with Crippen molar-refractivity contribution in [2.24, 2.45) is 5.73 Å². The number of amides is 1. The summed E-state index contributed by atoms with van der Waals surface area (Å²) in [5, 5.41) is 0. The SMILES string of the molecule is COC(CN)C(=O)N1CCN2CCCC2C1.Cl.Cl. The van der Waals surface area contributed by atoms with Gasteiger partial charge in [-0.2, -0.15) is 0 Å². The van der Waals surface area contributed by atoms with Crippen molar-refractivity contribution < 1.29 is 9.53 Å². The summed E-state index contributed by atoms with van der Waals surface area (Å²) in [5.41, 5.74) is 5.51. The lowest BCUT2D eigenvalue weighted by Crippen LogP contribution is -2.55. The van der Waals surface area contributed by atoms with Gasteiger partial charge in [0.15, 0.2) is 0 Å². The second kappa shape index (κ2) is 8.17. The minimum Gasteiger partial charge on any atom is -0.370 e. The third-order valence-corrected chi connectivity index (χ3v) is 3.67. The number of rotatable bonds is 3. The van der Waals surface area contributed by atoms with E-state index in [0.29, 0.717) is 6.04 Å². The van der Waals surface area contributed by atoms with E-state index in [1.54, 1.807) is 7.11 Å². The molecule has 1 amide bonds. The highest BCUT2D eigenvalue weighted by molar-refractivity contribution is 5.85. The number of carbonyl (C=O) groups is 1. The van der Waals surface area contributed by atoms with Crippen molar-refractivity contribution in [1.29, 1.82) is 0 Å². The van der Waals surface area contributed by atoms with Gasteiger partial charge in [-0.05, 0) is 19.4 Å². The third-order valence-electron chi connectivity index (χ3n) is 3.67. The van der Waals surface area contributed by atoms with Crippen molar-refractivity contribution in [3.05, 3.63) is 0 Å². The zero-order chi connectivity index (χ0) is 11.5. The van der Waals surface area contributed by atoms with Gasteiger partial charge in [-0.15, -0.1) is 24.8 Å². The molecule has 0 aromatic carbocycles. The van der Waals surface area contributed by atoms with Crippen LogP contribution in [0.2, 0.25) is 0 Å². The van der Waals surface area contributed by atoms with Gasteiger partial charge < -0.3 is 15.4 Å². The van der Waals surface area contributed by atoms with Crippen molar-refractivity contribution in [3.63, 3.8) is 0 Å². The maximum absolute atomic E-state index is 12.1. The van der Waals surface area contributed by atoms with E-state index < -0.39 is 6.10 Å². The van der Waals surface area contributed by atoms with Crippen LogP contribution >= 0.6 is 24.8 Å². The Morgan fingerprint density at radius 2 is 2.11 bits per heavy atom. The topological polar surface area (TPSA) is 58.8 Å². The van der Waals surface area contributed by atoms with Crippen molar-refractivity contribution in [2.75, 3.05) is 39.8 Å². The van der Waals surface area contributed by atoms with Gasteiger partial charge in [-0.3, -0.25) is 9.69 Å². The number of halogens is 2. The van der Waals surface area contributed by atoms with Crippen LogP contribution in [0.1, 0.15) is 12.8 Å². The summed E-state index contributed by atoms with van der Waals surface area (Å²) < 4.78 is 5.10. The number of piperazine rings is 1. The highest BCUT2D eigenvalue weighted by Gasteiger charge is 2.34. The molecule has 18 heavy (non-hydrogen) atoms. The monoisotopic (exact) mass is 299 g/mol. The lowest BCUT2D eigenvalue weighted by Gasteiger charge is -2.38. The molecule has 2 atom stereocenters. The molecule has 0 aromatic rings. The van der Waals surface area contributed by atoms with E-state index >= 15 is 0 Å². The molecule has 2 unspecified atom stereocenters. The molecule has 2 rings (SSSR count). The molecule has 5 nitrogen and oxygen atoms in total. The fourth-order valence-corrected chi connectivity index (χ4v) is 2.69. The van der Waals surface area contributed by atoms with Crippen LogP contribution in [-0.2, 0) is 9.53 Å². The molecule has 0 aromatic heterocycles. The first-order chi connectivity index (χ1) is 7.76. The van der Waals surface area contributed by atoms with E-state index in [4.69, 9.17) is 10.5 Å². The number of ether oxygens (including phenoxy) is 1. The Morgan fingerprint density at radius 3 is 2.72 bits per heavy atom. The summed E-state index contributed by atoms with van der Waals surface area (Å²) in [7, 11) is 1.54. The molecule has 0 aliphatic carbocycles. The van der Waals surface area contributed by atoms with Crippen LogP contribution in [0, 0.1) is 0 Å². The second-order valence-electron chi connectivity index (χ2n) is 4.58. The van der Waals surface area contributed by atoms with E-state index in [1.807, 2.05) is 4.90 Å². The number of fused-ring (bicyclic) bond motifs is 1. The Balaban J connectivity index is 0.00000144. The molecule has 0 radical (unpaired) electrons. The Labute approximate surface area is 121 Å². The van der Waals surface area contributed by atoms with Crippen molar-refractivity contribution in [3.8, 4) is 0 Å². The van der Waals surface area contributed by atoms with Gasteiger partial charge >= 0.3 is 0 Å². The minimum atomic E-state index is -0.465.